The Balaban J connectivity index is 1.61. The molecule has 4 aromatic rings. The Morgan fingerprint density at radius 3 is 2.88 bits per heavy atom. The molecule has 4 rings (SSSR count). The number of anilines is 1. The van der Waals surface area contributed by atoms with Crippen LogP contribution in [0.5, 0.6) is 5.75 Å². The topological polar surface area (TPSA) is 108 Å². The van der Waals surface area contributed by atoms with Crippen molar-refractivity contribution in [1.29, 1.82) is 0 Å². The summed E-state index contributed by atoms with van der Waals surface area (Å²) in [4.78, 5) is 12.1. The molecular formula is C16H13N5O4. The average molecular weight is 339 g/mol. The maximum absolute atomic E-state index is 12.1. The van der Waals surface area contributed by atoms with E-state index in [1.807, 2.05) is 12.1 Å². The second kappa shape index (κ2) is 5.78. The first-order valence-corrected chi connectivity index (χ1v) is 7.35. The molecule has 9 nitrogen and oxygen atoms in total. The van der Waals surface area contributed by atoms with Gasteiger partial charge in [0.2, 0.25) is 0 Å². The van der Waals surface area contributed by atoms with Crippen molar-refractivity contribution in [2.45, 2.75) is 0 Å². The summed E-state index contributed by atoms with van der Waals surface area (Å²) in [7, 11) is 3.23. The lowest BCUT2D eigenvalue weighted by molar-refractivity contribution is 0.101. The van der Waals surface area contributed by atoms with Gasteiger partial charge in [0.25, 0.3) is 11.8 Å². The third-order valence-corrected chi connectivity index (χ3v) is 3.64. The molecule has 3 heterocycles. The first-order chi connectivity index (χ1) is 12.2. The van der Waals surface area contributed by atoms with Gasteiger partial charge in [-0.15, -0.1) is 5.10 Å². The largest absolute Gasteiger partial charge is 0.493 e. The van der Waals surface area contributed by atoms with Crippen LogP contribution in [0, 0.1) is 0 Å². The molecule has 0 aliphatic carbocycles. The Hall–Kier alpha value is -3.62. The Kier molecular flexibility index (Phi) is 3.46. The lowest BCUT2D eigenvalue weighted by atomic mass is 10.2. The fourth-order valence-electron chi connectivity index (χ4n) is 2.43. The van der Waals surface area contributed by atoms with Crippen LogP contribution in [0.2, 0.25) is 0 Å². The van der Waals surface area contributed by atoms with Gasteiger partial charge < -0.3 is 13.6 Å². The van der Waals surface area contributed by atoms with Gasteiger partial charge in [0.05, 0.1) is 7.11 Å². The van der Waals surface area contributed by atoms with Crippen LogP contribution in [0.4, 0.5) is 6.01 Å². The summed E-state index contributed by atoms with van der Waals surface area (Å²) in [5.41, 5.74) is 0.951. The number of carbonyl (C=O) groups is 1. The summed E-state index contributed by atoms with van der Waals surface area (Å²) in [6.45, 7) is 0. The zero-order chi connectivity index (χ0) is 17.4. The number of amides is 1. The van der Waals surface area contributed by atoms with Crippen molar-refractivity contribution in [3.05, 3.63) is 42.2 Å². The molecule has 0 unspecified atom stereocenters. The fourth-order valence-corrected chi connectivity index (χ4v) is 2.43. The number of hydrogen-bond donors (Lipinski definition) is 1. The highest BCUT2D eigenvalue weighted by atomic mass is 16.5. The number of carbonyl (C=O) groups excluding carboxylic acids is 1. The molecule has 9 heteroatoms. The van der Waals surface area contributed by atoms with E-state index in [4.69, 9.17) is 13.6 Å². The number of methoxy groups -OCH3 is 1. The summed E-state index contributed by atoms with van der Waals surface area (Å²) in [6, 6.07) is 8.84. The minimum absolute atomic E-state index is 0.0337. The standard InChI is InChI=1S/C16H13N5O4/c1-21-10(6-7-17-21)14(22)18-16-20-19-15(25-16)12-8-9-4-3-5-11(23-2)13(9)24-12/h3-8H,1-2H3,(H,18,20,22). The predicted molar refractivity (Wildman–Crippen MR) is 87.2 cm³/mol. The highest BCUT2D eigenvalue weighted by Crippen LogP contribution is 2.33. The number of benzene rings is 1. The predicted octanol–water partition coefficient (Wildman–Crippen LogP) is 2.48. The van der Waals surface area contributed by atoms with Gasteiger partial charge >= 0.3 is 6.01 Å². The van der Waals surface area contributed by atoms with Crippen LogP contribution >= 0.6 is 0 Å². The molecule has 1 aromatic carbocycles. The molecule has 126 valence electrons. The van der Waals surface area contributed by atoms with E-state index in [2.05, 4.69) is 20.6 Å². The quantitative estimate of drug-likeness (QED) is 0.608. The van der Waals surface area contributed by atoms with Crippen molar-refractivity contribution >= 4 is 22.9 Å². The smallest absolute Gasteiger partial charge is 0.322 e. The molecule has 0 radical (unpaired) electrons. The summed E-state index contributed by atoms with van der Waals surface area (Å²) >= 11 is 0. The lowest BCUT2D eigenvalue weighted by Gasteiger charge is -1.99. The molecule has 1 amide bonds. The Labute approximate surface area is 141 Å². The molecular weight excluding hydrogens is 326 g/mol. The maximum atomic E-state index is 12.1. The van der Waals surface area contributed by atoms with Crippen LogP contribution < -0.4 is 10.1 Å². The normalized spacial score (nSPS) is 11.0. The van der Waals surface area contributed by atoms with Crippen LogP contribution in [0.1, 0.15) is 10.5 Å². The first-order valence-electron chi connectivity index (χ1n) is 7.35. The van der Waals surface area contributed by atoms with Gasteiger partial charge in [-0.25, -0.2) is 0 Å². The van der Waals surface area contributed by atoms with E-state index in [9.17, 15) is 4.79 Å². The van der Waals surface area contributed by atoms with Crippen molar-refractivity contribution in [1.82, 2.24) is 20.0 Å². The van der Waals surface area contributed by atoms with Crippen molar-refractivity contribution in [3.8, 4) is 17.4 Å². The third-order valence-electron chi connectivity index (χ3n) is 3.64. The SMILES string of the molecule is COc1cccc2cc(-c3nnc(NC(=O)c4ccnn4C)o3)oc12. The number of aryl methyl sites for hydroxylation is 1. The van der Waals surface area contributed by atoms with E-state index in [1.165, 1.54) is 10.9 Å². The van der Waals surface area contributed by atoms with E-state index in [-0.39, 0.29) is 11.9 Å². The molecule has 0 saturated heterocycles. The van der Waals surface area contributed by atoms with Gasteiger partial charge in [-0.05, 0) is 18.2 Å². The van der Waals surface area contributed by atoms with Gasteiger partial charge in [-0.3, -0.25) is 14.8 Å². The number of hydrogen-bond acceptors (Lipinski definition) is 7. The van der Waals surface area contributed by atoms with E-state index in [0.29, 0.717) is 22.8 Å². The summed E-state index contributed by atoms with van der Waals surface area (Å²) in [5.74, 6) is 0.737. The first kappa shape index (κ1) is 14.9. The summed E-state index contributed by atoms with van der Waals surface area (Å²) < 4.78 is 17.9. The molecule has 0 aliphatic rings. The average Bonchev–Trinajstić information content (AvgIpc) is 3.32. The van der Waals surface area contributed by atoms with E-state index < -0.39 is 5.91 Å². The summed E-state index contributed by atoms with van der Waals surface area (Å²) in [6.07, 6.45) is 1.52. The van der Waals surface area contributed by atoms with Gasteiger partial charge in [0.15, 0.2) is 17.1 Å². The van der Waals surface area contributed by atoms with Gasteiger partial charge in [-0.2, -0.15) is 5.10 Å². The van der Waals surface area contributed by atoms with Crippen molar-refractivity contribution in [2.24, 2.45) is 7.05 Å². The molecule has 0 aliphatic heterocycles. The molecule has 0 fully saturated rings. The van der Waals surface area contributed by atoms with Gasteiger partial charge in [0, 0.05) is 18.6 Å². The van der Waals surface area contributed by atoms with Crippen LogP contribution in [0.25, 0.3) is 22.6 Å². The minimum Gasteiger partial charge on any atom is -0.493 e. The molecule has 0 atom stereocenters. The molecule has 0 saturated carbocycles. The molecule has 1 N–H and O–H groups in total. The second-order valence-electron chi connectivity index (χ2n) is 5.20. The number of furan rings is 1. The van der Waals surface area contributed by atoms with E-state index >= 15 is 0 Å². The second-order valence-corrected chi connectivity index (χ2v) is 5.20. The third kappa shape index (κ3) is 2.61. The number of para-hydroxylation sites is 1. The van der Waals surface area contributed by atoms with E-state index in [1.54, 1.807) is 32.4 Å². The van der Waals surface area contributed by atoms with Crippen molar-refractivity contribution in [2.75, 3.05) is 12.4 Å². The Bertz CT molecular complexity index is 1060. The molecule has 0 spiro atoms. The van der Waals surface area contributed by atoms with Crippen LogP contribution in [0.3, 0.4) is 0 Å². The number of ether oxygens (including phenoxy) is 1. The van der Waals surface area contributed by atoms with Crippen LogP contribution in [-0.4, -0.2) is 33.0 Å². The van der Waals surface area contributed by atoms with Crippen LogP contribution in [0.15, 0.2) is 45.4 Å². The van der Waals surface area contributed by atoms with E-state index in [0.717, 1.165) is 5.39 Å². The monoisotopic (exact) mass is 339 g/mol. The maximum Gasteiger partial charge on any atom is 0.322 e. The fraction of sp³-hybridized carbons (Fsp3) is 0.125. The Morgan fingerprint density at radius 2 is 2.12 bits per heavy atom. The Morgan fingerprint density at radius 1 is 1.24 bits per heavy atom. The van der Waals surface area contributed by atoms with Gasteiger partial charge in [-0.1, -0.05) is 17.2 Å². The number of rotatable bonds is 4. The molecule has 25 heavy (non-hydrogen) atoms. The number of nitrogens with zero attached hydrogens (tertiary/aromatic N) is 4. The number of aromatic nitrogens is 4. The molecule has 3 aromatic heterocycles. The molecule has 0 bridgehead atoms. The zero-order valence-electron chi connectivity index (χ0n) is 13.4. The van der Waals surface area contributed by atoms with Crippen molar-refractivity contribution in [3.63, 3.8) is 0 Å². The zero-order valence-corrected chi connectivity index (χ0v) is 13.4. The lowest BCUT2D eigenvalue weighted by Crippen LogP contribution is -2.16. The number of nitrogens with one attached hydrogen (secondary N) is 1. The van der Waals surface area contributed by atoms with Crippen LogP contribution in [-0.2, 0) is 7.05 Å². The number of fused-ring (bicyclic) bond motifs is 1. The highest BCUT2D eigenvalue weighted by molar-refractivity contribution is 6.01. The highest BCUT2D eigenvalue weighted by Gasteiger charge is 2.18. The van der Waals surface area contributed by atoms with Gasteiger partial charge in [0.1, 0.15) is 5.69 Å². The minimum atomic E-state index is -0.401. The van der Waals surface area contributed by atoms with Crippen molar-refractivity contribution < 1.29 is 18.4 Å². The summed E-state index contributed by atoms with van der Waals surface area (Å²) in [5, 5.41) is 15.0.